The molecule has 0 bridgehead atoms. The molecule has 2 heterocycles. The third-order valence-electron chi connectivity index (χ3n) is 3.85. The van der Waals surface area contributed by atoms with E-state index in [9.17, 15) is 0 Å². The lowest BCUT2D eigenvalue weighted by atomic mass is 9.79. The maximum absolute atomic E-state index is 3.44. The molecule has 2 aliphatic heterocycles. The van der Waals surface area contributed by atoms with E-state index in [0.29, 0.717) is 5.41 Å². The average Bonchev–Trinajstić information content (AvgIpc) is 2.14. The van der Waals surface area contributed by atoms with Crippen molar-refractivity contribution in [2.45, 2.75) is 39.2 Å². The van der Waals surface area contributed by atoms with E-state index in [0.717, 1.165) is 6.04 Å². The summed E-state index contributed by atoms with van der Waals surface area (Å²) in [6.45, 7) is 9.92. The second kappa shape index (κ2) is 3.58. The zero-order valence-corrected chi connectivity index (χ0v) is 8.97. The van der Waals surface area contributed by atoms with E-state index in [4.69, 9.17) is 0 Å². The van der Waals surface area contributed by atoms with Crippen LogP contribution in [0.15, 0.2) is 0 Å². The second-order valence-electron chi connectivity index (χ2n) is 5.17. The molecular weight excluding hydrogens is 160 g/mol. The predicted molar refractivity (Wildman–Crippen MR) is 55.9 cm³/mol. The maximum Gasteiger partial charge on any atom is 0.00793 e. The molecule has 2 nitrogen and oxygen atoms in total. The van der Waals surface area contributed by atoms with E-state index in [1.54, 1.807) is 0 Å². The summed E-state index contributed by atoms with van der Waals surface area (Å²) in [6, 6.07) is 0.853. The number of piperidine rings is 1. The fourth-order valence-electron chi connectivity index (χ4n) is 2.48. The van der Waals surface area contributed by atoms with E-state index < -0.39 is 0 Å². The normalized spacial score (nSPS) is 34.2. The predicted octanol–water partition coefficient (Wildman–Crippen LogP) is 1.47. The summed E-state index contributed by atoms with van der Waals surface area (Å²) in [7, 11) is 0. The van der Waals surface area contributed by atoms with Gasteiger partial charge in [0.25, 0.3) is 0 Å². The first kappa shape index (κ1) is 9.47. The minimum atomic E-state index is 0.597. The molecule has 0 saturated carbocycles. The van der Waals surface area contributed by atoms with Crippen LogP contribution in [0.2, 0.25) is 0 Å². The van der Waals surface area contributed by atoms with E-state index in [1.165, 1.54) is 45.4 Å². The number of likely N-dealkylation sites (tertiary alicyclic amines) is 1. The van der Waals surface area contributed by atoms with Gasteiger partial charge in [-0.1, -0.05) is 6.92 Å². The van der Waals surface area contributed by atoms with Gasteiger partial charge in [0.05, 0.1) is 0 Å². The van der Waals surface area contributed by atoms with Gasteiger partial charge in [0.15, 0.2) is 0 Å². The smallest absolute Gasteiger partial charge is 0.00793 e. The van der Waals surface area contributed by atoms with Gasteiger partial charge >= 0.3 is 0 Å². The molecule has 0 aromatic carbocycles. The highest BCUT2D eigenvalue weighted by Gasteiger charge is 2.33. The summed E-state index contributed by atoms with van der Waals surface area (Å²) in [6.07, 6.45) is 4.13. The van der Waals surface area contributed by atoms with Crippen LogP contribution in [-0.4, -0.2) is 37.1 Å². The fourth-order valence-corrected chi connectivity index (χ4v) is 2.48. The molecule has 2 saturated heterocycles. The Hall–Kier alpha value is -0.0800. The van der Waals surface area contributed by atoms with Crippen molar-refractivity contribution in [3.8, 4) is 0 Å². The van der Waals surface area contributed by atoms with E-state index >= 15 is 0 Å². The van der Waals surface area contributed by atoms with Crippen molar-refractivity contribution in [1.29, 1.82) is 0 Å². The fraction of sp³-hybridized carbons (Fsp3) is 1.00. The van der Waals surface area contributed by atoms with Crippen LogP contribution >= 0.6 is 0 Å². The molecule has 0 radical (unpaired) electrons. The Labute approximate surface area is 81.7 Å². The van der Waals surface area contributed by atoms with Crippen molar-refractivity contribution in [3.63, 3.8) is 0 Å². The van der Waals surface area contributed by atoms with Crippen LogP contribution in [0.25, 0.3) is 0 Å². The first-order chi connectivity index (χ1) is 6.20. The Morgan fingerprint density at radius 3 is 2.54 bits per heavy atom. The minimum absolute atomic E-state index is 0.597. The third-order valence-corrected chi connectivity index (χ3v) is 3.85. The van der Waals surface area contributed by atoms with Crippen molar-refractivity contribution < 1.29 is 0 Å². The third kappa shape index (κ3) is 2.05. The van der Waals surface area contributed by atoms with Crippen LogP contribution < -0.4 is 5.32 Å². The molecule has 2 fully saturated rings. The summed E-state index contributed by atoms with van der Waals surface area (Å²) in [5, 5.41) is 3.44. The van der Waals surface area contributed by atoms with Crippen LogP contribution in [-0.2, 0) is 0 Å². The van der Waals surface area contributed by atoms with Crippen LogP contribution in [0.3, 0.4) is 0 Å². The summed E-state index contributed by atoms with van der Waals surface area (Å²) in [4.78, 5) is 2.64. The van der Waals surface area contributed by atoms with Gasteiger partial charge in [0, 0.05) is 12.6 Å². The lowest BCUT2D eigenvalue weighted by Gasteiger charge is -2.46. The van der Waals surface area contributed by atoms with Crippen LogP contribution in [0.1, 0.15) is 33.1 Å². The summed E-state index contributed by atoms with van der Waals surface area (Å²) >= 11 is 0. The number of rotatable bonds is 2. The molecular formula is C11H22N2. The van der Waals surface area contributed by atoms with E-state index in [1.807, 2.05) is 0 Å². The molecule has 76 valence electrons. The van der Waals surface area contributed by atoms with Gasteiger partial charge in [-0.25, -0.2) is 0 Å². The zero-order chi connectivity index (χ0) is 9.31. The highest BCUT2D eigenvalue weighted by Crippen LogP contribution is 2.32. The molecule has 1 atom stereocenters. The van der Waals surface area contributed by atoms with Crippen molar-refractivity contribution in [2.24, 2.45) is 5.41 Å². The van der Waals surface area contributed by atoms with Crippen molar-refractivity contribution in [3.05, 3.63) is 0 Å². The number of hydrogen-bond acceptors (Lipinski definition) is 2. The van der Waals surface area contributed by atoms with Crippen LogP contribution in [0.4, 0.5) is 0 Å². The van der Waals surface area contributed by atoms with Crippen molar-refractivity contribution >= 4 is 0 Å². The molecule has 2 heteroatoms. The van der Waals surface area contributed by atoms with Gasteiger partial charge in [-0.05, 0) is 51.2 Å². The lowest BCUT2D eigenvalue weighted by molar-refractivity contribution is 0.0387. The van der Waals surface area contributed by atoms with Gasteiger partial charge in [-0.3, -0.25) is 0 Å². The largest absolute Gasteiger partial charge is 0.317 e. The number of nitrogens with zero attached hydrogens (tertiary/aromatic N) is 1. The molecule has 1 unspecified atom stereocenters. The topological polar surface area (TPSA) is 15.3 Å². The first-order valence-electron chi connectivity index (χ1n) is 5.64. The van der Waals surface area contributed by atoms with Crippen LogP contribution in [0.5, 0.6) is 0 Å². The Balaban J connectivity index is 1.84. The first-order valence-corrected chi connectivity index (χ1v) is 5.64. The van der Waals surface area contributed by atoms with Gasteiger partial charge in [0.1, 0.15) is 0 Å². The molecule has 0 aromatic heterocycles. The molecule has 2 aliphatic rings. The Bertz CT molecular complexity index is 173. The molecule has 13 heavy (non-hydrogen) atoms. The van der Waals surface area contributed by atoms with Gasteiger partial charge < -0.3 is 10.2 Å². The quantitative estimate of drug-likeness (QED) is 0.695. The molecule has 0 spiro atoms. The Kier molecular flexibility index (Phi) is 2.61. The van der Waals surface area contributed by atoms with Crippen molar-refractivity contribution in [1.82, 2.24) is 10.2 Å². The van der Waals surface area contributed by atoms with E-state index in [2.05, 4.69) is 24.1 Å². The Morgan fingerprint density at radius 2 is 2.08 bits per heavy atom. The van der Waals surface area contributed by atoms with Crippen LogP contribution in [0, 0.1) is 5.41 Å². The SMILES string of the molecule is CC1CCN1CC1(C)CCNCC1. The molecule has 2 rings (SSSR count). The van der Waals surface area contributed by atoms with E-state index in [-0.39, 0.29) is 0 Å². The highest BCUT2D eigenvalue weighted by atomic mass is 15.2. The average molecular weight is 182 g/mol. The monoisotopic (exact) mass is 182 g/mol. The standard InChI is InChI=1S/C11H22N2/c1-10-3-8-13(10)9-11(2)4-6-12-7-5-11/h10,12H,3-9H2,1-2H3. The molecule has 0 aromatic rings. The molecule has 0 amide bonds. The van der Waals surface area contributed by atoms with Crippen molar-refractivity contribution in [2.75, 3.05) is 26.2 Å². The minimum Gasteiger partial charge on any atom is -0.317 e. The summed E-state index contributed by atoms with van der Waals surface area (Å²) < 4.78 is 0. The van der Waals surface area contributed by atoms with Gasteiger partial charge in [0.2, 0.25) is 0 Å². The lowest BCUT2D eigenvalue weighted by Crippen LogP contribution is -2.52. The Morgan fingerprint density at radius 1 is 1.38 bits per heavy atom. The summed E-state index contributed by atoms with van der Waals surface area (Å²) in [5.74, 6) is 0. The zero-order valence-electron chi connectivity index (χ0n) is 8.97. The summed E-state index contributed by atoms with van der Waals surface area (Å²) in [5.41, 5.74) is 0.597. The second-order valence-corrected chi connectivity index (χ2v) is 5.17. The highest BCUT2D eigenvalue weighted by molar-refractivity contribution is 4.88. The number of nitrogens with one attached hydrogen (secondary N) is 1. The number of hydrogen-bond donors (Lipinski definition) is 1. The maximum atomic E-state index is 3.44. The van der Waals surface area contributed by atoms with Gasteiger partial charge in [-0.2, -0.15) is 0 Å². The van der Waals surface area contributed by atoms with Gasteiger partial charge in [-0.15, -0.1) is 0 Å². The molecule has 0 aliphatic carbocycles. The molecule has 1 N–H and O–H groups in total.